The minimum atomic E-state index is -0.614. The lowest BCUT2D eigenvalue weighted by molar-refractivity contribution is -0.109. The number of carbonyl (C=O) groups excluding carboxylic acids is 1. The summed E-state index contributed by atoms with van der Waals surface area (Å²) in [6.07, 6.45) is 14.5. The van der Waals surface area contributed by atoms with Crippen LogP contribution in [0.25, 0.3) is 0 Å². The molecule has 1 fully saturated rings. The maximum Gasteiger partial charge on any atom is 0.185 e. The van der Waals surface area contributed by atoms with E-state index < -0.39 is 9.68 Å². The summed E-state index contributed by atoms with van der Waals surface area (Å²) in [6, 6.07) is 0. The van der Waals surface area contributed by atoms with Crippen molar-refractivity contribution in [1.29, 1.82) is 0 Å². The second kappa shape index (κ2) is 17.9. The van der Waals surface area contributed by atoms with Crippen LogP contribution in [0.1, 0.15) is 90.9 Å². The van der Waals surface area contributed by atoms with Gasteiger partial charge in [0.2, 0.25) is 0 Å². The van der Waals surface area contributed by atoms with Crippen LogP contribution >= 0.6 is 11.8 Å². The van der Waals surface area contributed by atoms with Crippen molar-refractivity contribution in [3.8, 4) is 0 Å². The van der Waals surface area contributed by atoms with Crippen LogP contribution in [0, 0.1) is 0 Å². The predicted molar refractivity (Wildman–Crippen MR) is 121 cm³/mol. The number of unbranched alkanes of at least 4 members (excludes halogenated alkanes) is 6. The smallest absolute Gasteiger partial charge is 0.185 e. The predicted octanol–water partition coefficient (Wildman–Crippen LogP) is 4.90. The molecular formula is C21H43NO4SSi. The molecule has 0 aliphatic carbocycles. The Morgan fingerprint density at radius 1 is 1.11 bits per heavy atom. The van der Waals surface area contributed by atoms with Gasteiger partial charge < -0.3 is 14.7 Å². The Bertz CT molecular complexity index is 389. The molecule has 0 spiro atoms. The van der Waals surface area contributed by atoms with E-state index in [0.717, 1.165) is 50.9 Å². The van der Waals surface area contributed by atoms with Crippen molar-refractivity contribution < 1.29 is 19.5 Å². The van der Waals surface area contributed by atoms with E-state index in [9.17, 15) is 10.0 Å². The van der Waals surface area contributed by atoms with Crippen molar-refractivity contribution >= 4 is 26.6 Å². The molecule has 0 saturated carbocycles. The molecule has 0 bridgehead atoms. The van der Waals surface area contributed by atoms with Crippen molar-refractivity contribution in [2.24, 2.45) is 0 Å². The summed E-state index contributed by atoms with van der Waals surface area (Å²) < 4.78 is 13.2. The fourth-order valence-corrected chi connectivity index (χ4v) is 6.14. The third kappa shape index (κ3) is 15.0. The average Bonchev–Trinajstić information content (AvgIpc) is 2.66. The Morgan fingerprint density at radius 3 is 2.61 bits per heavy atom. The maximum atomic E-state index is 11.0. The fourth-order valence-electron chi connectivity index (χ4n) is 3.69. The fraction of sp³-hybridized carbons (Fsp3) is 0.952. The second-order valence-corrected chi connectivity index (χ2v) is 11.6. The summed E-state index contributed by atoms with van der Waals surface area (Å²) in [7, 11) is -0.614. The molecule has 1 aliphatic rings. The molecule has 7 heteroatoms. The standard InChI is InChI=1S/C21H43NO4SSi/c1-3-4-5-6-7-8-9-16-25-18-26-20-12-13-21(28-22(24)15-14-20)11-10-17-27-19(2)23/h20-21,24H,3-18,28H2,1-2H3. The Labute approximate surface area is 179 Å². The van der Waals surface area contributed by atoms with E-state index in [1.165, 1.54) is 50.3 Å². The van der Waals surface area contributed by atoms with Crippen LogP contribution in [0.5, 0.6) is 0 Å². The van der Waals surface area contributed by atoms with Gasteiger partial charge in [0.15, 0.2) is 5.12 Å². The molecule has 0 aromatic heterocycles. The molecule has 1 aliphatic heterocycles. The number of hydroxylamine groups is 1. The SMILES string of the molecule is CCCCCCCCCOCOC1CCC(CCCSC(C)=O)[SiH2]N(O)CC1. The van der Waals surface area contributed by atoms with Crippen molar-refractivity contribution in [2.75, 3.05) is 25.7 Å². The number of hydrogen-bond acceptors (Lipinski definition) is 6. The van der Waals surface area contributed by atoms with E-state index in [1.54, 1.807) is 11.7 Å². The first kappa shape index (κ1) is 26.1. The molecule has 5 nitrogen and oxygen atoms in total. The molecule has 0 aromatic carbocycles. The van der Waals surface area contributed by atoms with Crippen molar-refractivity contribution in [1.82, 2.24) is 4.73 Å². The zero-order chi connectivity index (χ0) is 20.5. The van der Waals surface area contributed by atoms with Gasteiger partial charge in [-0.25, -0.2) is 4.73 Å². The molecule has 1 rings (SSSR count). The van der Waals surface area contributed by atoms with Gasteiger partial charge in [-0.1, -0.05) is 63.6 Å². The summed E-state index contributed by atoms with van der Waals surface area (Å²) >= 11 is 1.41. The van der Waals surface area contributed by atoms with Crippen LogP contribution in [-0.4, -0.2) is 56.5 Å². The van der Waals surface area contributed by atoms with Gasteiger partial charge >= 0.3 is 0 Å². The van der Waals surface area contributed by atoms with E-state index >= 15 is 0 Å². The largest absolute Gasteiger partial charge is 0.355 e. The highest BCUT2D eigenvalue weighted by atomic mass is 32.2. The van der Waals surface area contributed by atoms with Gasteiger partial charge in [0, 0.05) is 25.8 Å². The number of carbonyl (C=O) groups is 1. The highest BCUT2D eigenvalue weighted by Crippen LogP contribution is 2.26. The van der Waals surface area contributed by atoms with Gasteiger partial charge in [-0.3, -0.25) is 4.79 Å². The third-order valence-electron chi connectivity index (χ3n) is 5.42. The Hall–Kier alpha value is 0.0769. The van der Waals surface area contributed by atoms with Gasteiger partial charge in [0.25, 0.3) is 0 Å². The third-order valence-corrected chi connectivity index (χ3v) is 8.39. The number of ether oxygens (including phenoxy) is 2. The zero-order valence-corrected chi connectivity index (χ0v) is 20.4. The topological polar surface area (TPSA) is 59.0 Å². The molecule has 1 N–H and O–H groups in total. The van der Waals surface area contributed by atoms with Gasteiger partial charge in [-0.05, 0) is 37.6 Å². The van der Waals surface area contributed by atoms with Gasteiger partial charge in [-0.15, -0.1) is 0 Å². The number of thioether (sulfide) groups is 1. The summed E-state index contributed by atoms with van der Waals surface area (Å²) in [5.41, 5.74) is 0.609. The summed E-state index contributed by atoms with van der Waals surface area (Å²) in [5, 5.41) is 10.3. The van der Waals surface area contributed by atoms with Crippen LogP contribution in [0.3, 0.4) is 0 Å². The molecule has 0 radical (unpaired) electrons. The molecular weight excluding hydrogens is 390 g/mol. The van der Waals surface area contributed by atoms with Gasteiger partial charge in [0.05, 0.1) is 6.10 Å². The number of nitrogens with zero attached hydrogens (tertiary/aromatic N) is 1. The first-order valence-electron chi connectivity index (χ1n) is 11.4. The summed E-state index contributed by atoms with van der Waals surface area (Å²) in [6.45, 7) is 5.76. The molecule has 2 unspecified atom stereocenters. The zero-order valence-electron chi connectivity index (χ0n) is 18.2. The number of rotatable bonds is 15. The lowest BCUT2D eigenvalue weighted by Crippen LogP contribution is -2.34. The van der Waals surface area contributed by atoms with E-state index in [2.05, 4.69) is 6.92 Å². The average molecular weight is 434 g/mol. The molecule has 2 atom stereocenters. The molecule has 0 aromatic rings. The van der Waals surface area contributed by atoms with E-state index in [1.807, 2.05) is 0 Å². The molecule has 166 valence electrons. The Balaban J connectivity index is 2.08. The van der Waals surface area contributed by atoms with Crippen LogP contribution in [0.4, 0.5) is 0 Å². The first-order chi connectivity index (χ1) is 13.6. The normalized spacial score (nSPS) is 22.2. The monoisotopic (exact) mass is 433 g/mol. The second-order valence-electron chi connectivity index (χ2n) is 8.06. The lowest BCUT2D eigenvalue weighted by Gasteiger charge is -2.29. The minimum Gasteiger partial charge on any atom is -0.355 e. The van der Waals surface area contributed by atoms with Gasteiger partial charge in [0.1, 0.15) is 16.5 Å². The molecule has 1 heterocycles. The quantitative estimate of drug-likeness (QED) is 0.225. The molecule has 0 amide bonds. The van der Waals surface area contributed by atoms with Crippen molar-refractivity contribution in [3.63, 3.8) is 0 Å². The van der Waals surface area contributed by atoms with E-state index in [0.29, 0.717) is 18.9 Å². The molecule has 1 saturated heterocycles. The van der Waals surface area contributed by atoms with Crippen LogP contribution in [0.15, 0.2) is 0 Å². The van der Waals surface area contributed by atoms with E-state index in [4.69, 9.17) is 9.47 Å². The van der Waals surface area contributed by atoms with Crippen molar-refractivity contribution in [2.45, 2.75) is 103 Å². The first-order valence-corrected chi connectivity index (χ1v) is 13.8. The summed E-state index contributed by atoms with van der Waals surface area (Å²) in [5.74, 6) is 0.901. The maximum absolute atomic E-state index is 11.0. The summed E-state index contributed by atoms with van der Waals surface area (Å²) in [4.78, 5) is 11.0. The Kier molecular flexibility index (Phi) is 16.7. The molecule has 28 heavy (non-hydrogen) atoms. The highest BCUT2D eigenvalue weighted by Gasteiger charge is 2.21. The van der Waals surface area contributed by atoms with Crippen LogP contribution < -0.4 is 0 Å². The van der Waals surface area contributed by atoms with Crippen molar-refractivity contribution in [3.05, 3.63) is 0 Å². The lowest BCUT2D eigenvalue weighted by atomic mass is 10.1. The Morgan fingerprint density at radius 2 is 1.86 bits per heavy atom. The van der Waals surface area contributed by atoms with E-state index in [-0.39, 0.29) is 11.2 Å². The van der Waals surface area contributed by atoms with Crippen LogP contribution in [0.2, 0.25) is 5.54 Å². The van der Waals surface area contributed by atoms with Gasteiger partial charge in [-0.2, -0.15) is 0 Å². The number of hydrogen-bond donors (Lipinski definition) is 1. The highest BCUT2D eigenvalue weighted by molar-refractivity contribution is 8.13. The van der Waals surface area contributed by atoms with Crippen LogP contribution in [-0.2, 0) is 14.3 Å². The minimum absolute atomic E-state index is 0.187.